The van der Waals surface area contributed by atoms with Crippen LogP contribution in [0.4, 0.5) is 8.78 Å². The van der Waals surface area contributed by atoms with Crippen molar-refractivity contribution < 1.29 is 31.5 Å². The number of furan rings is 1. The fraction of sp³-hybridized carbons (Fsp3) is 0.0833. The number of nitrogens with one attached hydrogen (secondary N) is 1. The van der Waals surface area contributed by atoms with E-state index in [4.69, 9.17) is 9.52 Å². The summed E-state index contributed by atoms with van der Waals surface area (Å²) >= 11 is 0. The zero-order chi connectivity index (χ0) is 15.6. The van der Waals surface area contributed by atoms with E-state index in [1.165, 1.54) is 6.07 Å². The van der Waals surface area contributed by atoms with Crippen LogP contribution in [0.2, 0.25) is 0 Å². The quantitative estimate of drug-likeness (QED) is 0.875. The van der Waals surface area contributed by atoms with E-state index in [2.05, 4.69) is 0 Å². The Morgan fingerprint density at radius 1 is 1.24 bits per heavy atom. The molecule has 0 amide bonds. The van der Waals surface area contributed by atoms with E-state index in [0.29, 0.717) is 6.07 Å². The predicted octanol–water partition coefficient (Wildman–Crippen LogP) is 1.73. The van der Waals surface area contributed by atoms with Crippen molar-refractivity contribution >= 4 is 16.0 Å². The van der Waals surface area contributed by atoms with Gasteiger partial charge in [-0.05, 0) is 24.3 Å². The van der Waals surface area contributed by atoms with Gasteiger partial charge < -0.3 is 9.52 Å². The van der Waals surface area contributed by atoms with Crippen LogP contribution in [0.3, 0.4) is 0 Å². The lowest BCUT2D eigenvalue weighted by Gasteiger charge is -2.06. The van der Waals surface area contributed by atoms with Crippen molar-refractivity contribution in [3.05, 3.63) is 53.5 Å². The molecule has 0 atom stereocenters. The van der Waals surface area contributed by atoms with Crippen LogP contribution in [0.1, 0.15) is 16.3 Å². The van der Waals surface area contributed by atoms with Gasteiger partial charge >= 0.3 is 5.97 Å². The minimum atomic E-state index is -4.22. The summed E-state index contributed by atoms with van der Waals surface area (Å²) in [7, 11) is -4.22. The number of rotatable bonds is 5. The number of hydrogen-bond acceptors (Lipinski definition) is 4. The van der Waals surface area contributed by atoms with E-state index >= 15 is 0 Å². The van der Waals surface area contributed by atoms with Gasteiger partial charge in [0.1, 0.15) is 22.3 Å². The van der Waals surface area contributed by atoms with Crippen LogP contribution in [0.25, 0.3) is 0 Å². The van der Waals surface area contributed by atoms with E-state index < -0.39 is 32.5 Å². The Labute approximate surface area is 118 Å². The van der Waals surface area contributed by atoms with Crippen molar-refractivity contribution in [2.24, 2.45) is 0 Å². The smallest absolute Gasteiger partial charge is 0.371 e. The Kier molecular flexibility index (Phi) is 4.05. The maximum atomic E-state index is 13.4. The summed E-state index contributed by atoms with van der Waals surface area (Å²) in [6, 6.07) is 4.48. The van der Waals surface area contributed by atoms with Gasteiger partial charge in [-0.1, -0.05) is 0 Å². The maximum absolute atomic E-state index is 13.4. The molecule has 0 radical (unpaired) electrons. The summed E-state index contributed by atoms with van der Waals surface area (Å²) in [5.74, 6) is -3.74. The molecular formula is C12H9F2NO5S. The van der Waals surface area contributed by atoms with Crippen molar-refractivity contribution in [1.29, 1.82) is 0 Å². The standard InChI is InChI=1S/C12H9F2NO5S/c13-7-1-4-11(9(14)5-7)21(18,19)15-6-8-2-3-10(20-8)12(16)17/h1-5,15H,6H2,(H,16,17). The minimum absolute atomic E-state index is 0.0403. The molecular weight excluding hydrogens is 308 g/mol. The van der Waals surface area contributed by atoms with E-state index in [1.807, 2.05) is 4.72 Å². The molecule has 2 N–H and O–H groups in total. The minimum Gasteiger partial charge on any atom is -0.475 e. The van der Waals surface area contributed by atoms with E-state index in [9.17, 15) is 22.0 Å². The molecule has 1 aromatic carbocycles. The molecule has 0 saturated carbocycles. The maximum Gasteiger partial charge on any atom is 0.371 e. The first-order chi connectivity index (χ1) is 9.79. The van der Waals surface area contributed by atoms with Crippen LogP contribution in [-0.2, 0) is 16.6 Å². The fourth-order valence-corrected chi connectivity index (χ4v) is 2.58. The second-order valence-electron chi connectivity index (χ2n) is 3.97. The Morgan fingerprint density at radius 3 is 2.52 bits per heavy atom. The van der Waals surface area contributed by atoms with Crippen LogP contribution in [0, 0.1) is 11.6 Å². The van der Waals surface area contributed by atoms with Gasteiger partial charge in [-0.3, -0.25) is 0 Å². The number of aromatic carboxylic acids is 1. The molecule has 2 aromatic rings. The highest BCUT2D eigenvalue weighted by atomic mass is 32.2. The van der Waals surface area contributed by atoms with Gasteiger partial charge in [-0.2, -0.15) is 0 Å². The van der Waals surface area contributed by atoms with Crippen molar-refractivity contribution in [3.63, 3.8) is 0 Å². The average Bonchev–Trinajstić information content (AvgIpc) is 2.85. The highest BCUT2D eigenvalue weighted by Gasteiger charge is 2.20. The highest BCUT2D eigenvalue weighted by molar-refractivity contribution is 7.89. The number of carboxylic acids is 1. The SMILES string of the molecule is O=C(O)c1ccc(CNS(=O)(=O)c2ccc(F)cc2F)o1. The van der Waals surface area contributed by atoms with Crippen molar-refractivity contribution in [2.45, 2.75) is 11.4 Å². The summed E-state index contributed by atoms with van der Waals surface area (Å²) in [5, 5.41) is 8.65. The first kappa shape index (κ1) is 15.1. The molecule has 0 aliphatic heterocycles. The van der Waals surface area contributed by atoms with Gasteiger partial charge in [-0.25, -0.2) is 26.7 Å². The van der Waals surface area contributed by atoms with Gasteiger partial charge in [0.25, 0.3) is 0 Å². The Hall–Kier alpha value is -2.26. The zero-order valence-electron chi connectivity index (χ0n) is 10.3. The summed E-state index contributed by atoms with van der Waals surface area (Å²) in [6.45, 7) is -0.369. The number of halogens is 2. The largest absolute Gasteiger partial charge is 0.475 e. The zero-order valence-corrected chi connectivity index (χ0v) is 11.2. The topological polar surface area (TPSA) is 96.6 Å². The van der Waals surface area contributed by atoms with Crippen LogP contribution >= 0.6 is 0 Å². The molecule has 0 fully saturated rings. The van der Waals surface area contributed by atoms with Crippen LogP contribution in [-0.4, -0.2) is 19.5 Å². The van der Waals surface area contributed by atoms with Crippen molar-refractivity contribution in [3.8, 4) is 0 Å². The summed E-state index contributed by atoms with van der Waals surface area (Å²) < 4.78 is 56.7. The Bertz CT molecular complexity index is 785. The fourth-order valence-electron chi connectivity index (χ4n) is 1.52. The number of carboxylic acid groups (broad SMARTS) is 1. The lowest BCUT2D eigenvalue weighted by molar-refractivity contribution is 0.0660. The lowest BCUT2D eigenvalue weighted by atomic mass is 10.3. The van der Waals surface area contributed by atoms with Crippen LogP contribution in [0.15, 0.2) is 39.6 Å². The van der Waals surface area contributed by atoms with E-state index in [0.717, 1.165) is 18.2 Å². The molecule has 0 bridgehead atoms. The van der Waals surface area contributed by atoms with Gasteiger partial charge in [0, 0.05) is 6.07 Å². The van der Waals surface area contributed by atoms with Crippen LogP contribution < -0.4 is 4.72 Å². The third-order valence-corrected chi connectivity index (χ3v) is 3.93. The Morgan fingerprint density at radius 2 is 1.95 bits per heavy atom. The molecule has 6 nitrogen and oxygen atoms in total. The van der Waals surface area contributed by atoms with Gasteiger partial charge in [0.2, 0.25) is 15.8 Å². The molecule has 1 heterocycles. The summed E-state index contributed by atoms with van der Waals surface area (Å²) in [4.78, 5) is 9.88. The van der Waals surface area contributed by atoms with E-state index in [-0.39, 0.29) is 18.1 Å². The third kappa shape index (κ3) is 3.44. The average molecular weight is 317 g/mol. The molecule has 0 aliphatic rings. The summed E-state index contributed by atoms with van der Waals surface area (Å²) in [5.41, 5.74) is 0. The van der Waals surface area contributed by atoms with Gasteiger partial charge in [0.05, 0.1) is 6.54 Å². The molecule has 0 saturated heterocycles. The normalized spacial score (nSPS) is 11.5. The molecule has 21 heavy (non-hydrogen) atoms. The molecule has 9 heteroatoms. The van der Waals surface area contributed by atoms with Crippen molar-refractivity contribution in [1.82, 2.24) is 4.72 Å². The first-order valence-electron chi connectivity index (χ1n) is 5.56. The molecule has 1 aromatic heterocycles. The predicted molar refractivity (Wildman–Crippen MR) is 66.1 cm³/mol. The van der Waals surface area contributed by atoms with Crippen LogP contribution in [0.5, 0.6) is 0 Å². The number of carbonyl (C=O) groups is 1. The highest BCUT2D eigenvalue weighted by Crippen LogP contribution is 2.16. The number of hydrogen-bond donors (Lipinski definition) is 2. The molecule has 112 valence electrons. The number of sulfonamides is 1. The van der Waals surface area contributed by atoms with E-state index in [1.54, 1.807) is 0 Å². The second kappa shape index (κ2) is 5.62. The second-order valence-corrected chi connectivity index (χ2v) is 5.71. The van der Waals surface area contributed by atoms with Crippen molar-refractivity contribution in [2.75, 3.05) is 0 Å². The molecule has 0 spiro atoms. The first-order valence-corrected chi connectivity index (χ1v) is 7.04. The van der Waals surface area contributed by atoms with Gasteiger partial charge in [-0.15, -0.1) is 0 Å². The lowest BCUT2D eigenvalue weighted by Crippen LogP contribution is -2.24. The van der Waals surface area contributed by atoms with Gasteiger partial charge in [0.15, 0.2) is 0 Å². The monoisotopic (exact) mass is 317 g/mol. The molecule has 0 aliphatic carbocycles. The number of benzene rings is 1. The third-order valence-electron chi connectivity index (χ3n) is 2.49. The Balaban J connectivity index is 2.15. The summed E-state index contributed by atoms with van der Waals surface area (Å²) in [6.07, 6.45) is 0. The molecule has 2 rings (SSSR count). The molecule has 0 unspecified atom stereocenters.